The number of hydrogen-bond donors (Lipinski definition) is 2. The first-order valence-electron chi connectivity index (χ1n) is 5.24. The van der Waals surface area contributed by atoms with Gasteiger partial charge >= 0.3 is 5.97 Å². The topological polar surface area (TPSA) is 66.4 Å². The minimum absolute atomic E-state index is 0.172. The SMILES string of the molecule is C=CC(=O)NCCCCC1(C(=O)O)CC1. The van der Waals surface area contributed by atoms with Crippen LogP contribution in [0.15, 0.2) is 12.7 Å². The molecule has 0 radical (unpaired) electrons. The normalized spacial score (nSPS) is 16.8. The molecule has 4 heteroatoms. The number of rotatable bonds is 7. The molecule has 1 aliphatic rings. The highest BCUT2D eigenvalue weighted by Gasteiger charge is 2.49. The van der Waals surface area contributed by atoms with Crippen LogP contribution in [0, 0.1) is 5.41 Å². The van der Waals surface area contributed by atoms with Crippen LogP contribution < -0.4 is 5.32 Å². The molecule has 0 unspecified atom stereocenters. The van der Waals surface area contributed by atoms with Gasteiger partial charge in [0.15, 0.2) is 0 Å². The molecule has 0 aromatic heterocycles. The Kier molecular flexibility index (Phi) is 3.88. The van der Waals surface area contributed by atoms with Crippen molar-refractivity contribution >= 4 is 11.9 Å². The molecule has 1 rings (SSSR count). The zero-order chi connectivity index (χ0) is 11.3. The van der Waals surface area contributed by atoms with Gasteiger partial charge in [0, 0.05) is 6.54 Å². The van der Waals surface area contributed by atoms with E-state index >= 15 is 0 Å². The Hall–Kier alpha value is -1.32. The van der Waals surface area contributed by atoms with Crippen molar-refractivity contribution in [3.05, 3.63) is 12.7 Å². The van der Waals surface area contributed by atoms with E-state index in [1.54, 1.807) is 0 Å². The van der Waals surface area contributed by atoms with Crippen molar-refractivity contribution in [2.75, 3.05) is 6.54 Å². The lowest BCUT2D eigenvalue weighted by Crippen LogP contribution is -2.22. The quantitative estimate of drug-likeness (QED) is 0.493. The average Bonchev–Trinajstić information content (AvgIpc) is 2.98. The van der Waals surface area contributed by atoms with E-state index < -0.39 is 11.4 Å². The smallest absolute Gasteiger partial charge is 0.309 e. The van der Waals surface area contributed by atoms with Crippen molar-refractivity contribution in [2.24, 2.45) is 5.41 Å². The van der Waals surface area contributed by atoms with E-state index in [0.717, 1.165) is 32.1 Å². The lowest BCUT2D eigenvalue weighted by atomic mass is 9.99. The molecule has 0 aromatic carbocycles. The third-order valence-corrected chi connectivity index (χ3v) is 2.87. The molecule has 0 aromatic rings. The fourth-order valence-electron chi connectivity index (χ4n) is 1.59. The molecule has 4 nitrogen and oxygen atoms in total. The van der Waals surface area contributed by atoms with E-state index in [4.69, 9.17) is 5.11 Å². The first-order valence-corrected chi connectivity index (χ1v) is 5.24. The second-order valence-electron chi connectivity index (χ2n) is 4.04. The van der Waals surface area contributed by atoms with Gasteiger partial charge in [0.1, 0.15) is 0 Å². The van der Waals surface area contributed by atoms with E-state index in [2.05, 4.69) is 11.9 Å². The molecule has 1 fully saturated rings. The molecular weight excluding hydrogens is 194 g/mol. The van der Waals surface area contributed by atoms with Gasteiger partial charge in [-0.3, -0.25) is 9.59 Å². The van der Waals surface area contributed by atoms with Crippen molar-refractivity contribution in [3.63, 3.8) is 0 Å². The van der Waals surface area contributed by atoms with E-state index in [9.17, 15) is 9.59 Å². The van der Waals surface area contributed by atoms with Gasteiger partial charge in [-0.2, -0.15) is 0 Å². The summed E-state index contributed by atoms with van der Waals surface area (Å²) in [6.07, 6.45) is 5.26. The maximum Gasteiger partial charge on any atom is 0.309 e. The van der Waals surface area contributed by atoms with Gasteiger partial charge in [0.2, 0.25) is 5.91 Å². The Labute approximate surface area is 89.4 Å². The van der Waals surface area contributed by atoms with Gasteiger partial charge in [-0.25, -0.2) is 0 Å². The van der Waals surface area contributed by atoms with Crippen molar-refractivity contribution in [1.82, 2.24) is 5.32 Å². The number of carbonyl (C=O) groups excluding carboxylic acids is 1. The molecule has 0 heterocycles. The Morgan fingerprint density at radius 2 is 2.07 bits per heavy atom. The van der Waals surface area contributed by atoms with Crippen LogP contribution in [0.4, 0.5) is 0 Å². The monoisotopic (exact) mass is 211 g/mol. The summed E-state index contributed by atoms with van der Waals surface area (Å²) in [5.74, 6) is -0.841. The minimum Gasteiger partial charge on any atom is -0.481 e. The zero-order valence-corrected chi connectivity index (χ0v) is 8.79. The van der Waals surface area contributed by atoms with Crippen molar-refractivity contribution in [3.8, 4) is 0 Å². The number of carbonyl (C=O) groups is 2. The number of carboxylic acid groups (broad SMARTS) is 1. The number of carboxylic acids is 1. The summed E-state index contributed by atoms with van der Waals surface area (Å²) in [4.78, 5) is 21.6. The van der Waals surface area contributed by atoms with E-state index in [0.29, 0.717) is 6.54 Å². The standard InChI is InChI=1S/C11H17NO3/c1-2-9(13)12-8-4-3-5-11(6-7-11)10(14)15/h2H,1,3-8H2,(H,12,13)(H,14,15). The van der Waals surface area contributed by atoms with E-state index in [1.807, 2.05) is 0 Å². The highest BCUT2D eigenvalue weighted by molar-refractivity contribution is 5.86. The maximum absolute atomic E-state index is 10.8. The van der Waals surface area contributed by atoms with Crippen LogP contribution in [0.3, 0.4) is 0 Å². The summed E-state index contributed by atoms with van der Waals surface area (Å²) in [5, 5.41) is 11.6. The largest absolute Gasteiger partial charge is 0.481 e. The highest BCUT2D eigenvalue weighted by atomic mass is 16.4. The fraction of sp³-hybridized carbons (Fsp3) is 0.636. The molecule has 2 N–H and O–H groups in total. The van der Waals surface area contributed by atoms with Crippen LogP contribution in [0.1, 0.15) is 32.1 Å². The summed E-state index contributed by atoms with van der Waals surface area (Å²) in [6, 6.07) is 0. The van der Waals surface area contributed by atoms with Gasteiger partial charge in [0.05, 0.1) is 5.41 Å². The molecule has 84 valence electrons. The Bertz CT molecular complexity index is 269. The van der Waals surface area contributed by atoms with E-state index in [1.165, 1.54) is 6.08 Å². The summed E-state index contributed by atoms with van der Waals surface area (Å²) < 4.78 is 0. The third kappa shape index (κ3) is 3.38. The summed E-state index contributed by atoms with van der Waals surface area (Å²) in [5.41, 5.74) is -0.428. The maximum atomic E-state index is 10.8. The zero-order valence-electron chi connectivity index (χ0n) is 8.79. The molecule has 0 bridgehead atoms. The Morgan fingerprint density at radius 1 is 1.40 bits per heavy atom. The Morgan fingerprint density at radius 3 is 2.53 bits per heavy atom. The molecule has 0 atom stereocenters. The van der Waals surface area contributed by atoms with Gasteiger partial charge in [-0.1, -0.05) is 13.0 Å². The van der Waals surface area contributed by atoms with Gasteiger partial charge < -0.3 is 10.4 Å². The molecule has 15 heavy (non-hydrogen) atoms. The van der Waals surface area contributed by atoms with Crippen molar-refractivity contribution < 1.29 is 14.7 Å². The van der Waals surface area contributed by atoms with Crippen LogP contribution in [0.25, 0.3) is 0 Å². The lowest BCUT2D eigenvalue weighted by Gasteiger charge is -2.08. The number of aliphatic carboxylic acids is 1. The third-order valence-electron chi connectivity index (χ3n) is 2.87. The Balaban J connectivity index is 2.05. The molecule has 0 aliphatic heterocycles. The molecule has 1 aliphatic carbocycles. The van der Waals surface area contributed by atoms with Gasteiger partial charge in [-0.05, 0) is 31.8 Å². The van der Waals surface area contributed by atoms with Crippen LogP contribution in [-0.2, 0) is 9.59 Å². The molecular formula is C11H17NO3. The van der Waals surface area contributed by atoms with Crippen LogP contribution in [0.5, 0.6) is 0 Å². The van der Waals surface area contributed by atoms with Gasteiger partial charge in [-0.15, -0.1) is 0 Å². The molecule has 1 saturated carbocycles. The first-order chi connectivity index (χ1) is 7.10. The highest BCUT2D eigenvalue weighted by Crippen LogP contribution is 2.49. The van der Waals surface area contributed by atoms with Crippen molar-refractivity contribution in [1.29, 1.82) is 0 Å². The van der Waals surface area contributed by atoms with Crippen LogP contribution in [0.2, 0.25) is 0 Å². The average molecular weight is 211 g/mol. The van der Waals surface area contributed by atoms with Crippen molar-refractivity contribution in [2.45, 2.75) is 32.1 Å². The summed E-state index contributed by atoms with van der Waals surface area (Å²) >= 11 is 0. The number of amides is 1. The number of nitrogens with one attached hydrogen (secondary N) is 1. The molecule has 0 saturated heterocycles. The van der Waals surface area contributed by atoms with Crippen LogP contribution in [-0.4, -0.2) is 23.5 Å². The fourth-order valence-corrected chi connectivity index (χ4v) is 1.59. The van der Waals surface area contributed by atoms with Gasteiger partial charge in [0.25, 0.3) is 0 Å². The van der Waals surface area contributed by atoms with E-state index in [-0.39, 0.29) is 5.91 Å². The second-order valence-corrected chi connectivity index (χ2v) is 4.04. The minimum atomic E-state index is -0.669. The lowest BCUT2D eigenvalue weighted by molar-refractivity contribution is -0.143. The number of unbranched alkanes of at least 4 members (excludes halogenated alkanes) is 1. The molecule has 0 spiro atoms. The summed E-state index contributed by atoms with van der Waals surface area (Å²) in [7, 11) is 0. The predicted octanol–water partition coefficient (Wildman–Crippen LogP) is 1.32. The number of hydrogen-bond acceptors (Lipinski definition) is 2. The predicted molar refractivity (Wildman–Crippen MR) is 56.4 cm³/mol. The molecule has 1 amide bonds. The van der Waals surface area contributed by atoms with Crippen LogP contribution >= 0.6 is 0 Å². The summed E-state index contributed by atoms with van der Waals surface area (Å²) in [6.45, 7) is 3.94. The second kappa shape index (κ2) is 4.96. The first kappa shape index (κ1) is 11.8.